The zero-order valence-corrected chi connectivity index (χ0v) is 15.1. The largest absolute Gasteiger partial charge is 0.496 e. The van der Waals surface area contributed by atoms with E-state index in [1.165, 1.54) is 32.1 Å². The van der Waals surface area contributed by atoms with Gasteiger partial charge in [0, 0.05) is 18.2 Å². The summed E-state index contributed by atoms with van der Waals surface area (Å²) in [6.07, 6.45) is 6.47. The molecule has 0 amide bonds. The van der Waals surface area contributed by atoms with Crippen LogP contribution in [-0.2, 0) is 6.54 Å². The van der Waals surface area contributed by atoms with Gasteiger partial charge in [0.05, 0.1) is 21.3 Å². The molecule has 1 aromatic rings. The highest BCUT2D eigenvalue weighted by atomic mass is 35.5. The van der Waals surface area contributed by atoms with Crippen molar-refractivity contribution in [2.45, 2.75) is 45.6 Å². The van der Waals surface area contributed by atoms with Gasteiger partial charge in [-0.15, -0.1) is 12.4 Å². The van der Waals surface area contributed by atoms with Crippen LogP contribution in [0.1, 0.15) is 44.6 Å². The van der Waals surface area contributed by atoms with Crippen molar-refractivity contribution in [2.24, 2.45) is 0 Å². The van der Waals surface area contributed by atoms with Gasteiger partial charge in [0.25, 0.3) is 0 Å². The lowest BCUT2D eigenvalue weighted by molar-refractivity contribution is 0.347. The molecule has 0 aliphatic carbocycles. The van der Waals surface area contributed by atoms with Crippen molar-refractivity contribution in [3.05, 3.63) is 17.7 Å². The highest BCUT2D eigenvalue weighted by molar-refractivity contribution is 5.85. The molecule has 0 unspecified atom stereocenters. The van der Waals surface area contributed by atoms with Crippen LogP contribution in [0, 0.1) is 0 Å². The fourth-order valence-electron chi connectivity index (χ4n) is 2.31. The number of ether oxygens (including phenoxy) is 3. The summed E-state index contributed by atoms with van der Waals surface area (Å²) in [6, 6.07) is 3.85. The van der Waals surface area contributed by atoms with Crippen LogP contribution in [0.25, 0.3) is 0 Å². The van der Waals surface area contributed by atoms with Gasteiger partial charge in [0.2, 0.25) is 0 Å². The Balaban J connectivity index is 0.00000441. The third-order valence-corrected chi connectivity index (χ3v) is 3.56. The number of unbranched alkanes of at least 4 members (excludes halogenated alkanes) is 4. The summed E-state index contributed by atoms with van der Waals surface area (Å²) in [5.74, 6) is 2.25. The van der Waals surface area contributed by atoms with Gasteiger partial charge in [-0.3, -0.25) is 0 Å². The average Bonchev–Trinajstić information content (AvgIpc) is 2.53. The molecule has 0 spiro atoms. The molecule has 0 saturated carbocycles. The van der Waals surface area contributed by atoms with Crippen LogP contribution in [0.2, 0.25) is 0 Å². The second-order valence-electron chi connectivity index (χ2n) is 5.11. The molecular formula is C17H30ClNO3. The van der Waals surface area contributed by atoms with Gasteiger partial charge in [-0.25, -0.2) is 0 Å². The minimum atomic E-state index is 0. The lowest BCUT2D eigenvalue weighted by Gasteiger charge is -2.14. The molecule has 0 aromatic heterocycles. The molecule has 5 heteroatoms. The van der Waals surface area contributed by atoms with Gasteiger partial charge in [0.1, 0.15) is 5.75 Å². The summed E-state index contributed by atoms with van der Waals surface area (Å²) < 4.78 is 16.1. The minimum absolute atomic E-state index is 0. The van der Waals surface area contributed by atoms with Gasteiger partial charge >= 0.3 is 0 Å². The van der Waals surface area contributed by atoms with E-state index in [4.69, 9.17) is 14.2 Å². The number of hydrogen-bond acceptors (Lipinski definition) is 4. The van der Waals surface area contributed by atoms with Gasteiger partial charge in [-0.05, 0) is 19.0 Å². The van der Waals surface area contributed by atoms with Crippen LogP contribution in [-0.4, -0.2) is 27.9 Å². The summed E-state index contributed by atoms with van der Waals surface area (Å²) in [5, 5.41) is 3.47. The van der Waals surface area contributed by atoms with E-state index >= 15 is 0 Å². The zero-order valence-electron chi connectivity index (χ0n) is 14.2. The van der Waals surface area contributed by atoms with E-state index in [1.807, 2.05) is 12.1 Å². The van der Waals surface area contributed by atoms with Crippen molar-refractivity contribution in [1.82, 2.24) is 5.32 Å². The Morgan fingerprint density at radius 1 is 0.818 bits per heavy atom. The molecular weight excluding hydrogens is 302 g/mol. The highest BCUT2D eigenvalue weighted by Gasteiger charge is 2.11. The van der Waals surface area contributed by atoms with E-state index in [0.29, 0.717) is 5.75 Å². The molecule has 0 heterocycles. The van der Waals surface area contributed by atoms with E-state index in [-0.39, 0.29) is 12.4 Å². The lowest BCUT2D eigenvalue weighted by atomic mass is 10.1. The molecule has 1 aromatic carbocycles. The van der Waals surface area contributed by atoms with Gasteiger partial charge in [0.15, 0.2) is 11.5 Å². The molecule has 1 N–H and O–H groups in total. The van der Waals surface area contributed by atoms with Crippen molar-refractivity contribution in [3.63, 3.8) is 0 Å². The predicted octanol–water partition coefficient (Wildman–Crippen LogP) is 4.19. The Morgan fingerprint density at radius 3 is 2.00 bits per heavy atom. The molecule has 1 rings (SSSR count). The van der Waals surface area contributed by atoms with Crippen LogP contribution >= 0.6 is 12.4 Å². The van der Waals surface area contributed by atoms with Crippen LogP contribution in [0.4, 0.5) is 0 Å². The Hall–Kier alpha value is -1.13. The zero-order chi connectivity index (χ0) is 15.5. The fourth-order valence-corrected chi connectivity index (χ4v) is 2.31. The minimum Gasteiger partial charge on any atom is -0.496 e. The second kappa shape index (κ2) is 12.4. The Morgan fingerprint density at radius 2 is 1.41 bits per heavy atom. The normalized spacial score (nSPS) is 10.0. The molecule has 0 aliphatic heterocycles. The van der Waals surface area contributed by atoms with Crippen molar-refractivity contribution in [1.29, 1.82) is 0 Å². The molecule has 0 radical (unpaired) electrons. The van der Waals surface area contributed by atoms with E-state index in [0.717, 1.165) is 30.2 Å². The maximum atomic E-state index is 5.42. The maximum Gasteiger partial charge on any atom is 0.164 e. The van der Waals surface area contributed by atoms with Crippen molar-refractivity contribution in [3.8, 4) is 17.2 Å². The Kier molecular flexibility index (Phi) is 11.8. The SMILES string of the molecule is CCCCCCCNCc1cc(OC)c(OC)cc1OC.Cl. The third kappa shape index (κ3) is 6.75. The summed E-state index contributed by atoms with van der Waals surface area (Å²) in [6.45, 7) is 4.04. The summed E-state index contributed by atoms with van der Waals surface area (Å²) in [7, 11) is 4.95. The molecule has 128 valence electrons. The first-order valence-electron chi connectivity index (χ1n) is 7.76. The molecule has 0 atom stereocenters. The molecule has 0 bridgehead atoms. The summed E-state index contributed by atoms with van der Waals surface area (Å²) in [4.78, 5) is 0. The number of methoxy groups -OCH3 is 3. The van der Waals surface area contributed by atoms with Crippen LogP contribution in [0.3, 0.4) is 0 Å². The van der Waals surface area contributed by atoms with E-state index in [2.05, 4.69) is 12.2 Å². The van der Waals surface area contributed by atoms with E-state index < -0.39 is 0 Å². The number of benzene rings is 1. The molecule has 0 aliphatic rings. The topological polar surface area (TPSA) is 39.7 Å². The van der Waals surface area contributed by atoms with Crippen molar-refractivity contribution in [2.75, 3.05) is 27.9 Å². The summed E-state index contributed by atoms with van der Waals surface area (Å²) in [5.41, 5.74) is 1.09. The predicted molar refractivity (Wildman–Crippen MR) is 93.8 cm³/mol. The molecule has 4 nitrogen and oxygen atoms in total. The maximum absolute atomic E-state index is 5.42. The Bertz CT molecular complexity index is 413. The van der Waals surface area contributed by atoms with Gasteiger partial charge in [-0.2, -0.15) is 0 Å². The number of hydrogen-bond donors (Lipinski definition) is 1. The lowest BCUT2D eigenvalue weighted by Crippen LogP contribution is -2.15. The van der Waals surface area contributed by atoms with Crippen LogP contribution in [0.5, 0.6) is 17.2 Å². The van der Waals surface area contributed by atoms with Crippen molar-refractivity contribution >= 4 is 12.4 Å². The standard InChI is InChI=1S/C17H29NO3.ClH/c1-5-6-7-8-9-10-18-13-14-11-16(20-3)17(21-4)12-15(14)19-2;/h11-12,18H,5-10,13H2,1-4H3;1H. The average molecular weight is 332 g/mol. The van der Waals surface area contributed by atoms with Gasteiger partial charge < -0.3 is 19.5 Å². The first-order chi connectivity index (χ1) is 10.3. The number of rotatable bonds is 11. The molecule has 22 heavy (non-hydrogen) atoms. The molecule has 0 fully saturated rings. The quantitative estimate of drug-likeness (QED) is 0.617. The second-order valence-corrected chi connectivity index (χ2v) is 5.11. The van der Waals surface area contributed by atoms with Crippen LogP contribution < -0.4 is 19.5 Å². The highest BCUT2D eigenvalue weighted by Crippen LogP contribution is 2.34. The first kappa shape index (κ1) is 20.9. The summed E-state index contributed by atoms with van der Waals surface area (Å²) >= 11 is 0. The van der Waals surface area contributed by atoms with Crippen molar-refractivity contribution < 1.29 is 14.2 Å². The van der Waals surface area contributed by atoms with E-state index in [9.17, 15) is 0 Å². The van der Waals surface area contributed by atoms with E-state index in [1.54, 1.807) is 21.3 Å². The smallest absolute Gasteiger partial charge is 0.164 e. The number of nitrogens with one attached hydrogen (secondary N) is 1. The Labute approximate surface area is 140 Å². The monoisotopic (exact) mass is 331 g/mol. The third-order valence-electron chi connectivity index (χ3n) is 3.56. The number of halogens is 1. The van der Waals surface area contributed by atoms with Gasteiger partial charge in [-0.1, -0.05) is 32.6 Å². The van der Waals surface area contributed by atoms with Crippen LogP contribution in [0.15, 0.2) is 12.1 Å². The molecule has 0 saturated heterocycles. The first-order valence-corrected chi connectivity index (χ1v) is 7.76. The fraction of sp³-hybridized carbons (Fsp3) is 0.647.